The third kappa shape index (κ3) is 11.4. The molecule has 2 rings (SSSR count). The number of hydrogen-bond donors (Lipinski definition) is 0. The second-order valence-corrected chi connectivity index (χ2v) is 6.17. The highest BCUT2D eigenvalue weighted by Crippen LogP contribution is 2.08. The smallest absolute Gasteiger partial charge is 0.112 e. The number of ether oxygens (including phenoxy) is 4. The van der Waals surface area contributed by atoms with E-state index in [-0.39, 0.29) is 0 Å². The average molecular weight is 409 g/mol. The van der Waals surface area contributed by atoms with Crippen LogP contribution in [0.15, 0.2) is 99.9 Å². The molecule has 0 N–H and O–H groups in total. The highest BCUT2D eigenvalue weighted by Gasteiger charge is 1.97. The third-order valence-electron chi connectivity index (χ3n) is 3.97. The van der Waals surface area contributed by atoms with Crippen molar-refractivity contribution in [2.45, 2.75) is 26.1 Å². The summed E-state index contributed by atoms with van der Waals surface area (Å²) < 4.78 is 20.4. The Morgan fingerprint density at radius 3 is 1.30 bits per heavy atom. The van der Waals surface area contributed by atoms with Crippen molar-refractivity contribution in [3.63, 3.8) is 0 Å². The highest BCUT2D eigenvalue weighted by molar-refractivity contribution is 5.24. The van der Waals surface area contributed by atoms with E-state index in [1.807, 2.05) is 24.3 Å². The van der Waals surface area contributed by atoms with Crippen LogP contribution in [0.1, 0.15) is 22.3 Å². The van der Waals surface area contributed by atoms with Crippen LogP contribution in [0.4, 0.5) is 0 Å². The van der Waals surface area contributed by atoms with E-state index in [9.17, 15) is 0 Å². The topological polar surface area (TPSA) is 36.9 Å². The number of hydrogen-bond acceptors (Lipinski definition) is 4. The van der Waals surface area contributed by atoms with Crippen LogP contribution in [0.2, 0.25) is 0 Å². The van der Waals surface area contributed by atoms with Crippen molar-refractivity contribution < 1.29 is 18.9 Å². The summed E-state index contributed by atoms with van der Waals surface area (Å²) in [5.74, 6) is 0. The molecule has 0 unspecified atom stereocenters. The number of benzene rings is 2. The van der Waals surface area contributed by atoms with Gasteiger partial charge in [-0.3, -0.25) is 0 Å². The Morgan fingerprint density at radius 2 is 0.900 bits per heavy atom. The predicted octanol–water partition coefficient (Wildman–Crippen LogP) is 6.10. The lowest BCUT2D eigenvalue weighted by molar-refractivity contribution is 0.232. The van der Waals surface area contributed by atoms with E-state index in [0.717, 1.165) is 24.0 Å². The van der Waals surface area contributed by atoms with Crippen molar-refractivity contribution in [1.82, 2.24) is 0 Å². The molecule has 4 heteroatoms. The maximum absolute atomic E-state index is 5.10. The lowest BCUT2D eigenvalue weighted by atomic mass is 10.1. The Hall–Kier alpha value is -3.40. The van der Waals surface area contributed by atoms with E-state index in [2.05, 4.69) is 50.6 Å². The van der Waals surface area contributed by atoms with Gasteiger partial charge in [0.1, 0.15) is 13.2 Å². The maximum atomic E-state index is 5.10. The standard InChI is InChI=1S/C14H18O2.C12H14O2/c1-3-15-10-8-13-6-5-7-14(12-13)9-11-16-4-2;1-3-13-9-11-6-5-7-12(8-11)10-14-4-2/h3-7,12H,1-2,8-11H2;3-8H,1-2,9-10H2. The summed E-state index contributed by atoms with van der Waals surface area (Å²) in [5.41, 5.74) is 4.76. The van der Waals surface area contributed by atoms with Gasteiger partial charge in [-0.15, -0.1) is 0 Å². The fourth-order valence-electron chi connectivity index (χ4n) is 2.58. The maximum Gasteiger partial charge on any atom is 0.112 e. The summed E-state index contributed by atoms with van der Waals surface area (Å²) in [6.45, 7) is 16.4. The summed E-state index contributed by atoms with van der Waals surface area (Å²) in [6, 6.07) is 16.5. The van der Waals surface area contributed by atoms with Crippen LogP contribution < -0.4 is 0 Å². The Morgan fingerprint density at radius 1 is 0.533 bits per heavy atom. The summed E-state index contributed by atoms with van der Waals surface area (Å²) in [4.78, 5) is 0. The molecule has 4 nitrogen and oxygen atoms in total. The van der Waals surface area contributed by atoms with E-state index in [1.165, 1.54) is 36.2 Å². The van der Waals surface area contributed by atoms with E-state index in [4.69, 9.17) is 18.9 Å². The molecular weight excluding hydrogens is 376 g/mol. The fourth-order valence-corrected chi connectivity index (χ4v) is 2.58. The van der Waals surface area contributed by atoms with E-state index in [0.29, 0.717) is 26.4 Å². The van der Waals surface area contributed by atoms with Gasteiger partial charge in [0.05, 0.1) is 38.3 Å². The van der Waals surface area contributed by atoms with Gasteiger partial charge in [-0.05, 0) is 28.3 Å². The molecule has 0 aliphatic carbocycles. The molecule has 2 aromatic carbocycles. The van der Waals surface area contributed by atoms with Crippen LogP contribution in [-0.4, -0.2) is 13.2 Å². The van der Waals surface area contributed by atoms with E-state index >= 15 is 0 Å². The molecular formula is C26H32O4. The van der Waals surface area contributed by atoms with Gasteiger partial charge in [-0.25, -0.2) is 0 Å². The first-order valence-electron chi connectivity index (χ1n) is 9.79. The van der Waals surface area contributed by atoms with Gasteiger partial charge in [0.2, 0.25) is 0 Å². The first-order chi connectivity index (χ1) is 14.7. The molecule has 0 radical (unpaired) electrons. The summed E-state index contributed by atoms with van der Waals surface area (Å²) >= 11 is 0. The summed E-state index contributed by atoms with van der Waals surface area (Å²) in [7, 11) is 0. The lowest BCUT2D eigenvalue weighted by Crippen LogP contribution is -1.97. The molecule has 0 atom stereocenters. The summed E-state index contributed by atoms with van der Waals surface area (Å²) in [5, 5.41) is 0. The SMILES string of the molecule is C=COCCc1cccc(CCOC=C)c1.C=COCc1cccc(COC=C)c1. The second kappa shape index (κ2) is 16.5. The van der Waals surface area contributed by atoms with Crippen molar-refractivity contribution >= 4 is 0 Å². The van der Waals surface area contributed by atoms with Crippen molar-refractivity contribution in [3.8, 4) is 0 Å². The minimum absolute atomic E-state index is 0.547. The van der Waals surface area contributed by atoms with Crippen LogP contribution in [0.5, 0.6) is 0 Å². The predicted molar refractivity (Wildman–Crippen MR) is 123 cm³/mol. The Bertz CT molecular complexity index is 711. The molecule has 0 amide bonds. The lowest BCUT2D eigenvalue weighted by Gasteiger charge is -2.05. The molecule has 0 aromatic heterocycles. The molecule has 0 aliphatic rings. The van der Waals surface area contributed by atoms with Crippen LogP contribution in [0, 0.1) is 0 Å². The first-order valence-corrected chi connectivity index (χ1v) is 9.79. The van der Waals surface area contributed by atoms with Crippen molar-refractivity contribution in [1.29, 1.82) is 0 Å². The van der Waals surface area contributed by atoms with Crippen LogP contribution in [0.3, 0.4) is 0 Å². The van der Waals surface area contributed by atoms with Gasteiger partial charge in [0.25, 0.3) is 0 Å². The van der Waals surface area contributed by atoms with Gasteiger partial charge in [0, 0.05) is 12.8 Å². The normalized spacial score (nSPS) is 9.33. The zero-order chi connectivity index (χ0) is 21.9. The quantitative estimate of drug-likeness (QED) is 0.280. The molecule has 0 aliphatic heterocycles. The molecule has 0 fully saturated rings. The Kier molecular flexibility index (Phi) is 13.6. The third-order valence-corrected chi connectivity index (χ3v) is 3.97. The molecule has 2 aromatic rings. The molecule has 0 saturated carbocycles. The van der Waals surface area contributed by atoms with E-state index in [1.54, 1.807) is 0 Å². The second-order valence-electron chi connectivity index (χ2n) is 6.17. The number of rotatable bonds is 14. The average Bonchev–Trinajstić information content (AvgIpc) is 2.78. The minimum atomic E-state index is 0.547. The summed E-state index contributed by atoms with van der Waals surface area (Å²) in [6.07, 6.45) is 7.63. The fraction of sp³-hybridized carbons (Fsp3) is 0.231. The van der Waals surface area contributed by atoms with Crippen LogP contribution in [0.25, 0.3) is 0 Å². The largest absolute Gasteiger partial charge is 0.501 e. The Labute approximate surface area is 180 Å². The van der Waals surface area contributed by atoms with Crippen molar-refractivity contribution in [3.05, 3.63) is 122 Å². The van der Waals surface area contributed by atoms with Crippen LogP contribution >= 0.6 is 0 Å². The van der Waals surface area contributed by atoms with E-state index < -0.39 is 0 Å². The van der Waals surface area contributed by atoms with Gasteiger partial charge >= 0.3 is 0 Å². The van der Waals surface area contributed by atoms with Gasteiger partial charge in [0.15, 0.2) is 0 Å². The zero-order valence-electron chi connectivity index (χ0n) is 17.6. The zero-order valence-corrected chi connectivity index (χ0v) is 17.6. The van der Waals surface area contributed by atoms with Crippen molar-refractivity contribution in [2.75, 3.05) is 13.2 Å². The molecule has 0 saturated heterocycles. The molecule has 0 bridgehead atoms. The minimum Gasteiger partial charge on any atom is -0.501 e. The molecule has 0 heterocycles. The Balaban J connectivity index is 0.000000303. The first kappa shape index (κ1) is 24.6. The van der Waals surface area contributed by atoms with Crippen molar-refractivity contribution in [2.24, 2.45) is 0 Å². The molecule has 30 heavy (non-hydrogen) atoms. The monoisotopic (exact) mass is 408 g/mol. The van der Waals surface area contributed by atoms with Gasteiger partial charge in [-0.2, -0.15) is 0 Å². The molecule has 160 valence electrons. The van der Waals surface area contributed by atoms with Gasteiger partial charge in [-0.1, -0.05) is 68.8 Å². The van der Waals surface area contributed by atoms with Gasteiger partial charge < -0.3 is 18.9 Å². The highest BCUT2D eigenvalue weighted by atomic mass is 16.5. The van der Waals surface area contributed by atoms with Crippen LogP contribution in [-0.2, 0) is 45.0 Å². The molecule has 0 spiro atoms.